The van der Waals surface area contributed by atoms with Crippen LogP contribution in [0.2, 0.25) is 5.02 Å². The van der Waals surface area contributed by atoms with Gasteiger partial charge in [-0.1, -0.05) is 11.6 Å². The van der Waals surface area contributed by atoms with Crippen LogP contribution in [-0.4, -0.2) is 63.8 Å². The molecule has 0 spiro atoms. The minimum atomic E-state index is -0.0839. The third kappa shape index (κ3) is 4.02. The Morgan fingerprint density at radius 3 is 2.52 bits per heavy atom. The van der Waals surface area contributed by atoms with E-state index in [4.69, 9.17) is 16.3 Å². The number of ether oxygens (including phenoxy) is 1. The molecule has 0 atom stereocenters. The lowest BCUT2D eigenvalue weighted by molar-refractivity contribution is 0.0743. The van der Waals surface area contributed by atoms with Gasteiger partial charge in [-0.05, 0) is 31.2 Å². The fourth-order valence-electron chi connectivity index (χ4n) is 3.33. The largest absolute Gasteiger partial charge is 0.496 e. The van der Waals surface area contributed by atoms with Gasteiger partial charge in [0.05, 0.1) is 18.4 Å². The number of methoxy groups -OCH3 is 1. The molecule has 2 aromatic heterocycles. The smallest absolute Gasteiger partial charge is 0.257 e. The van der Waals surface area contributed by atoms with Gasteiger partial charge in [0.15, 0.2) is 5.82 Å². The number of halogens is 1. The van der Waals surface area contributed by atoms with Crippen LogP contribution < -0.4 is 9.64 Å². The van der Waals surface area contributed by atoms with E-state index in [9.17, 15) is 4.79 Å². The summed E-state index contributed by atoms with van der Waals surface area (Å²) in [6.07, 6.45) is 3.41. The number of rotatable bonds is 4. The summed E-state index contributed by atoms with van der Waals surface area (Å²) in [6, 6.07) is 8.91. The third-order valence-corrected chi connectivity index (χ3v) is 5.11. The van der Waals surface area contributed by atoms with Gasteiger partial charge in [0.1, 0.15) is 17.9 Å². The van der Waals surface area contributed by atoms with Crippen LogP contribution in [0.4, 0.5) is 5.82 Å². The van der Waals surface area contributed by atoms with E-state index in [0.717, 1.165) is 11.5 Å². The maximum atomic E-state index is 12.9. The van der Waals surface area contributed by atoms with Crippen molar-refractivity contribution >= 4 is 23.3 Å². The number of carbonyl (C=O) groups is 1. The van der Waals surface area contributed by atoms with Crippen molar-refractivity contribution in [3.05, 3.63) is 59.1 Å². The fraction of sp³-hybridized carbons (Fsp3) is 0.300. The molecule has 0 bridgehead atoms. The van der Waals surface area contributed by atoms with Crippen LogP contribution in [0.25, 0.3) is 5.82 Å². The average Bonchev–Trinajstić information content (AvgIpc) is 3.20. The normalized spacial score (nSPS) is 14.2. The van der Waals surface area contributed by atoms with Gasteiger partial charge in [0, 0.05) is 43.5 Å². The fourth-order valence-corrected chi connectivity index (χ4v) is 3.51. The van der Waals surface area contributed by atoms with Gasteiger partial charge < -0.3 is 14.5 Å². The van der Waals surface area contributed by atoms with Crippen LogP contribution in [0.5, 0.6) is 5.75 Å². The highest BCUT2D eigenvalue weighted by Crippen LogP contribution is 2.25. The highest BCUT2D eigenvalue weighted by atomic mass is 35.5. The molecule has 0 unspecified atom stereocenters. The second-order valence-corrected chi connectivity index (χ2v) is 7.20. The number of piperazine rings is 1. The summed E-state index contributed by atoms with van der Waals surface area (Å²) in [6.45, 7) is 4.43. The Kier molecular flexibility index (Phi) is 5.35. The van der Waals surface area contributed by atoms with Crippen LogP contribution >= 0.6 is 11.6 Å². The van der Waals surface area contributed by atoms with E-state index in [0.29, 0.717) is 48.3 Å². The Morgan fingerprint density at radius 2 is 1.83 bits per heavy atom. The molecule has 3 heterocycles. The zero-order chi connectivity index (χ0) is 20.4. The predicted octanol–water partition coefficient (Wildman–Crippen LogP) is 2.60. The lowest BCUT2D eigenvalue weighted by Gasteiger charge is -2.35. The second-order valence-electron chi connectivity index (χ2n) is 6.76. The first kappa shape index (κ1) is 19.2. The number of amides is 1. The van der Waals surface area contributed by atoms with E-state index in [-0.39, 0.29) is 5.91 Å². The highest BCUT2D eigenvalue weighted by molar-refractivity contribution is 6.31. The van der Waals surface area contributed by atoms with Crippen molar-refractivity contribution in [1.29, 1.82) is 0 Å². The Morgan fingerprint density at radius 1 is 1.07 bits per heavy atom. The third-order valence-electron chi connectivity index (χ3n) is 4.88. The monoisotopic (exact) mass is 412 g/mol. The highest BCUT2D eigenvalue weighted by Gasteiger charge is 2.25. The van der Waals surface area contributed by atoms with E-state index in [1.165, 1.54) is 6.33 Å². The van der Waals surface area contributed by atoms with Crippen LogP contribution in [0.3, 0.4) is 0 Å². The predicted molar refractivity (Wildman–Crippen MR) is 110 cm³/mol. The molecular weight excluding hydrogens is 392 g/mol. The maximum Gasteiger partial charge on any atom is 0.257 e. The summed E-state index contributed by atoms with van der Waals surface area (Å²) in [5.41, 5.74) is 1.40. The van der Waals surface area contributed by atoms with Gasteiger partial charge in [0.2, 0.25) is 0 Å². The first-order chi connectivity index (χ1) is 14.0. The summed E-state index contributed by atoms with van der Waals surface area (Å²) in [5, 5.41) is 4.90. The lowest BCUT2D eigenvalue weighted by Crippen LogP contribution is -2.49. The first-order valence-corrected chi connectivity index (χ1v) is 9.65. The average molecular weight is 413 g/mol. The molecule has 29 heavy (non-hydrogen) atoms. The molecule has 1 aliphatic heterocycles. The first-order valence-electron chi connectivity index (χ1n) is 9.27. The molecule has 1 amide bonds. The van der Waals surface area contributed by atoms with Crippen molar-refractivity contribution in [2.45, 2.75) is 6.92 Å². The van der Waals surface area contributed by atoms with Crippen molar-refractivity contribution < 1.29 is 9.53 Å². The van der Waals surface area contributed by atoms with E-state index >= 15 is 0 Å². The van der Waals surface area contributed by atoms with Gasteiger partial charge in [0.25, 0.3) is 5.91 Å². The van der Waals surface area contributed by atoms with Crippen molar-refractivity contribution in [3.63, 3.8) is 0 Å². The Balaban J connectivity index is 1.46. The van der Waals surface area contributed by atoms with Gasteiger partial charge in [-0.2, -0.15) is 5.10 Å². The van der Waals surface area contributed by atoms with E-state index in [1.54, 1.807) is 30.0 Å². The van der Waals surface area contributed by atoms with Crippen molar-refractivity contribution in [1.82, 2.24) is 24.6 Å². The van der Waals surface area contributed by atoms with Crippen molar-refractivity contribution in [2.24, 2.45) is 0 Å². The van der Waals surface area contributed by atoms with E-state index < -0.39 is 0 Å². The standard InChI is InChI=1S/C20H21ClN6O2/c1-14-5-6-27(24-14)19-12-18(22-13-23-19)25-7-9-26(10-8-25)20(28)16-11-15(21)3-4-17(16)29-2/h3-6,11-13H,7-10H2,1-2H3. The molecule has 1 aliphatic rings. The Labute approximate surface area is 173 Å². The molecule has 1 aromatic carbocycles. The summed E-state index contributed by atoms with van der Waals surface area (Å²) in [5.74, 6) is 1.97. The van der Waals surface area contributed by atoms with Crippen LogP contribution in [0.1, 0.15) is 16.1 Å². The molecule has 0 aliphatic carbocycles. The summed E-state index contributed by atoms with van der Waals surface area (Å²) >= 11 is 6.07. The number of carbonyl (C=O) groups excluding carboxylic acids is 1. The van der Waals surface area contributed by atoms with Crippen molar-refractivity contribution in [2.75, 3.05) is 38.2 Å². The number of nitrogens with zero attached hydrogens (tertiary/aromatic N) is 6. The molecule has 0 radical (unpaired) electrons. The van der Waals surface area contributed by atoms with Gasteiger partial charge in [-0.25, -0.2) is 14.6 Å². The summed E-state index contributed by atoms with van der Waals surface area (Å²) in [4.78, 5) is 25.6. The molecule has 0 N–H and O–H groups in total. The van der Waals surface area contributed by atoms with Gasteiger partial charge >= 0.3 is 0 Å². The molecule has 8 nitrogen and oxygen atoms in total. The molecule has 1 fully saturated rings. The zero-order valence-corrected chi connectivity index (χ0v) is 17.0. The summed E-state index contributed by atoms with van der Waals surface area (Å²) < 4.78 is 7.05. The topological polar surface area (TPSA) is 76.4 Å². The van der Waals surface area contributed by atoms with E-state index in [2.05, 4.69) is 20.0 Å². The molecule has 150 valence electrons. The number of anilines is 1. The SMILES string of the molecule is COc1ccc(Cl)cc1C(=O)N1CCN(c2cc(-n3ccc(C)n3)ncn2)CC1. The number of benzene rings is 1. The van der Waals surface area contributed by atoms with Crippen LogP contribution in [-0.2, 0) is 0 Å². The summed E-state index contributed by atoms with van der Waals surface area (Å²) in [7, 11) is 1.55. The van der Waals surface area contributed by atoms with Crippen LogP contribution in [0, 0.1) is 6.92 Å². The lowest BCUT2D eigenvalue weighted by atomic mass is 10.1. The van der Waals surface area contributed by atoms with Crippen molar-refractivity contribution in [3.8, 4) is 11.6 Å². The molecule has 3 aromatic rings. The number of hydrogen-bond donors (Lipinski definition) is 0. The Hall–Kier alpha value is -3.13. The molecule has 9 heteroatoms. The second kappa shape index (κ2) is 8.08. The number of aromatic nitrogens is 4. The molecule has 1 saturated heterocycles. The minimum Gasteiger partial charge on any atom is -0.496 e. The molecular formula is C20H21ClN6O2. The minimum absolute atomic E-state index is 0.0839. The molecule has 4 rings (SSSR count). The zero-order valence-electron chi connectivity index (χ0n) is 16.2. The van der Waals surface area contributed by atoms with Gasteiger partial charge in [-0.15, -0.1) is 0 Å². The quantitative estimate of drug-likeness (QED) is 0.655. The number of hydrogen-bond acceptors (Lipinski definition) is 6. The number of aryl methyl sites for hydroxylation is 1. The van der Waals surface area contributed by atoms with Crippen LogP contribution in [0.15, 0.2) is 42.9 Å². The molecule has 0 saturated carbocycles. The van der Waals surface area contributed by atoms with E-state index in [1.807, 2.05) is 30.2 Å². The Bertz CT molecular complexity index is 1030. The van der Waals surface area contributed by atoms with Gasteiger partial charge in [-0.3, -0.25) is 4.79 Å². The maximum absolute atomic E-state index is 12.9.